The summed E-state index contributed by atoms with van der Waals surface area (Å²) >= 11 is 0. The Hall–Kier alpha value is -1.90. The van der Waals surface area contributed by atoms with Gasteiger partial charge in [0.15, 0.2) is 9.84 Å². The second-order valence-electron chi connectivity index (χ2n) is 5.86. The molecule has 0 spiro atoms. The summed E-state index contributed by atoms with van der Waals surface area (Å²) in [4.78, 5) is 12.1. The topological polar surface area (TPSA) is 89.8 Å². The second kappa shape index (κ2) is 6.54. The lowest BCUT2D eigenvalue weighted by Gasteiger charge is -2.42. The van der Waals surface area contributed by atoms with Crippen LogP contribution < -0.4 is 9.64 Å². The summed E-state index contributed by atoms with van der Waals surface area (Å²) in [6.07, 6.45) is 0.783. The maximum absolute atomic E-state index is 14.1. The van der Waals surface area contributed by atoms with E-state index in [-0.39, 0.29) is 30.3 Å². The summed E-state index contributed by atoms with van der Waals surface area (Å²) in [6, 6.07) is 2.34. The zero-order chi connectivity index (χ0) is 18.1. The number of rotatable bonds is 5. The number of nitrogens with zero attached hydrogens (tertiary/aromatic N) is 2. The molecular formula is C15H21FN2O5S. The number of halogens is 1. The summed E-state index contributed by atoms with van der Waals surface area (Å²) in [7, 11) is -1.98. The van der Waals surface area contributed by atoms with Gasteiger partial charge in [-0.3, -0.25) is 10.1 Å². The summed E-state index contributed by atoms with van der Waals surface area (Å²) < 4.78 is 43.1. The van der Waals surface area contributed by atoms with Crippen molar-refractivity contribution in [1.82, 2.24) is 0 Å². The lowest BCUT2D eigenvalue weighted by atomic mass is 10.0. The fraction of sp³-hybridized carbons (Fsp3) is 0.600. The molecule has 0 unspecified atom stereocenters. The lowest BCUT2D eigenvalue weighted by molar-refractivity contribution is -0.386. The van der Waals surface area contributed by atoms with Crippen molar-refractivity contribution in [2.45, 2.75) is 31.4 Å². The molecule has 2 rings (SSSR count). The highest BCUT2D eigenvalue weighted by Gasteiger charge is 2.46. The molecule has 1 saturated heterocycles. The van der Waals surface area contributed by atoms with Crippen LogP contribution in [0, 0.1) is 15.9 Å². The predicted molar refractivity (Wildman–Crippen MR) is 88.9 cm³/mol. The lowest BCUT2D eigenvalue weighted by Crippen LogP contribution is -2.56. The number of anilines is 1. The van der Waals surface area contributed by atoms with Crippen molar-refractivity contribution in [3.05, 3.63) is 28.1 Å². The molecule has 0 saturated carbocycles. The van der Waals surface area contributed by atoms with E-state index < -0.39 is 31.0 Å². The summed E-state index contributed by atoms with van der Waals surface area (Å²) in [5.41, 5.74) is -0.603. The minimum Gasteiger partial charge on any atom is -0.497 e. The second-order valence-corrected chi connectivity index (χ2v) is 8.37. The van der Waals surface area contributed by atoms with E-state index in [9.17, 15) is 22.9 Å². The van der Waals surface area contributed by atoms with E-state index in [0.717, 1.165) is 6.07 Å². The molecule has 7 nitrogen and oxygen atoms in total. The molecular weight excluding hydrogens is 339 g/mol. The van der Waals surface area contributed by atoms with Gasteiger partial charge < -0.3 is 9.64 Å². The first-order chi connectivity index (χ1) is 11.2. The number of nitro groups is 1. The smallest absolute Gasteiger partial charge is 0.328 e. The van der Waals surface area contributed by atoms with Crippen LogP contribution in [0.3, 0.4) is 0 Å². The van der Waals surface area contributed by atoms with Gasteiger partial charge in [-0.15, -0.1) is 0 Å². The van der Waals surface area contributed by atoms with Crippen LogP contribution in [-0.2, 0) is 9.84 Å². The molecule has 1 heterocycles. The largest absolute Gasteiger partial charge is 0.497 e. The molecule has 0 atom stereocenters. The summed E-state index contributed by atoms with van der Waals surface area (Å²) in [5.74, 6) is -0.966. The molecule has 134 valence electrons. The molecule has 1 fully saturated rings. The number of nitro benzene ring substituents is 1. The first-order valence-corrected chi connectivity index (χ1v) is 9.35. The average molecular weight is 360 g/mol. The summed E-state index contributed by atoms with van der Waals surface area (Å²) in [6.45, 7) is 3.74. The Morgan fingerprint density at radius 1 is 1.38 bits per heavy atom. The van der Waals surface area contributed by atoms with Gasteiger partial charge in [0.2, 0.25) is 5.82 Å². The van der Waals surface area contributed by atoms with Gasteiger partial charge in [-0.05, 0) is 12.8 Å². The number of hydrogen-bond acceptors (Lipinski definition) is 6. The zero-order valence-electron chi connectivity index (χ0n) is 13.9. The van der Waals surface area contributed by atoms with Crippen LogP contribution in [0.2, 0.25) is 0 Å². The predicted octanol–water partition coefficient (Wildman–Crippen LogP) is 2.54. The quantitative estimate of drug-likeness (QED) is 0.592. The first kappa shape index (κ1) is 18.4. The van der Waals surface area contributed by atoms with Gasteiger partial charge in [0.25, 0.3) is 0 Å². The molecule has 1 aliphatic rings. The number of methoxy groups -OCH3 is 1. The standard InChI is InChI=1S/C15H21FN2O5S/c1-4-15(5-2)10-17(6-7-24(15,21)22)13-9-11(23-3)8-12(16)14(13)18(19)20/h8-9H,4-7,10H2,1-3H3. The van der Waals surface area contributed by atoms with E-state index in [1.165, 1.54) is 13.2 Å². The van der Waals surface area contributed by atoms with Gasteiger partial charge >= 0.3 is 5.69 Å². The minimum absolute atomic E-state index is 0.0537. The summed E-state index contributed by atoms with van der Waals surface area (Å²) in [5, 5.41) is 11.3. The average Bonchev–Trinajstić information content (AvgIpc) is 2.53. The van der Waals surface area contributed by atoms with Crippen LogP contribution >= 0.6 is 0 Å². The SMILES string of the molecule is CCC1(CC)CN(c2cc(OC)cc(F)c2[N+](=O)[O-])CCS1(=O)=O. The Morgan fingerprint density at radius 2 is 2.00 bits per heavy atom. The van der Waals surface area contributed by atoms with Crippen molar-refractivity contribution < 1.29 is 22.5 Å². The zero-order valence-corrected chi connectivity index (χ0v) is 14.7. The number of benzene rings is 1. The van der Waals surface area contributed by atoms with E-state index in [1.54, 1.807) is 18.7 Å². The first-order valence-electron chi connectivity index (χ1n) is 7.70. The van der Waals surface area contributed by atoms with E-state index in [4.69, 9.17) is 4.74 Å². The molecule has 1 aromatic carbocycles. The monoisotopic (exact) mass is 360 g/mol. The normalized spacial score (nSPS) is 19.1. The Labute approximate surface area is 140 Å². The van der Waals surface area contributed by atoms with Gasteiger partial charge in [-0.2, -0.15) is 4.39 Å². The van der Waals surface area contributed by atoms with Crippen LogP contribution in [0.25, 0.3) is 0 Å². The molecule has 1 aliphatic heterocycles. The van der Waals surface area contributed by atoms with Gasteiger partial charge in [-0.1, -0.05) is 13.8 Å². The van der Waals surface area contributed by atoms with Crippen molar-refractivity contribution >= 4 is 21.2 Å². The highest BCUT2D eigenvalue weighted by Crippen LogP contribution is 2.40. The molecule has 0 radical (unpaired) electrons. The molecule has 0 amide bonds. The minimum atomic E-state index is -3.32. The third-order valence-electron chi connectivity index (χ3n) is 4.83. The van der Waals surface area contributed by atoms with Gasteiger partial charge in [0.1, 0.15) is 11.4 Å². The van der Waals surface area contributed by atoms with Crippen LogP contribution in [-0.4, -0.2) is 44.0 Å². The van der Waals surface area contributed by atoms with Crippen molar-refractivity contribution in [2.24, 2.45) is 0 Å². The fourth-order valence-electron chi connectivity index (χ4n) is 3.19. The molecule has 24 heavy (non-hydrogen) atoms. The van der Waals surface area contributed by atoms with Crippen LogP contribution in [0.4, 0.5) is 15.8 Å². The highest BCUT2D eigenvalue weighted by atomic mass is 32.2. The number of hydrogen-bond donors (Lipinski definition) is 0. The Morgan fingerprint density at radius 3 is 2.50 bits per heavy atom. The molecule has 0 bridgehead atoms. The van der Waals surface area contributed by atoms with Crippen molar-refractivity contribution in [2.75, 3.05) is 30.9 Å². The Balaban J connectivity index is 2.56. The van der Waals surface area contributed by atoms with Crippen molar-refractivity contribution in [1.29, 1.82) is 0 Å². The van der Waals surface area contributed by atoms with Gasteiger partial charge in [0, 0.05) is 25.2 Å². The highest BCUT2D eigenvalue weighted by molar-refractivity contribution is 7.92. The Kier molecular flexibility index (Phi) is 5.03. The van der Waals surface area contributed by atoms with Crippen LogP contribution in [0.1, 0.15) is 26.7 Å². The third-order valence-corrected chi connectivity index (χ3v) is 7.58. The molecule has 1 aromatic rings. The van der Waals surface area contributed by atoms with Crippen molar-refractivity contribution in [3.8, 4) is 5.75 Å². The van der Waals surface area contributed by atoms with E-state index in [0.29, 0.717) is 12.8 Å². The van der Waals surface area contributed by atoms with E-state index in [1.807, 2.05) is 0 Å². The Bertz CT molecular complexity index is 746. The molecule has 0 N–H and O–H groups in total. The van der Waals surface area contributed by atoms with E-state index in [2.05, 4.69) is 0 Å². The maximum atomic E-state index is 14.1. The maximum Gasteiger partial charge on any atom is 0.328 e. The van der Waals surface area contributed by atoms with Gasteiger partial charge in [-0.25, -0.2) is 8.42 Å². The van der Waals surface area contributed by atoms with Gasteiger partial charge in [0.05, 0.1) is 22.5 Å². The van der Waals surface area contributed by atoms with Crippen LogP contribution in [0.5, 0.6) is 5.75 Å². The third kappa shape index (κ3) is 2.92. The van der Waals surface area contributed by atoms with Crippen molar-refractivity contribution in [3.63, 3.8) is 0 Å². The molecule has 9 heteroatoms. The molecule has 0 aliphatic carbocycles. The number of sulfone groups is 1. The van der Waals surface area contributed by atoms with E-state index >= 15 is 0 Å². The molecule has 0 aromatic heterocycles. The fourth-order valence-corrected chi connectivity index (χ4v) is 5.32. The number of ether oxygens (including phenoxy) is 1. The van der Waals surface area contributed by atoms with Crippen LogP contribution in [0.15, 0.2) is 12.1 Å².